The van der Waals surface area contributed by atoms with E-state index in [0.29, 0.717) is 12.3 Å². The molecule has 112 valence electrons. The minimum Gasteiger partial charge on any atom is -0.486 e. The van der Waals surface area contributed by atoms with Crippen molar-refractivity contribution in [2.75, 3.05) is 11.2 Å². The summed E-state index contributed by atoms with van der Waals surface area (Å²) in [6.07, 6.45) is 0. The second kappa shape index (κ2) is 6.77. The third-order valence-corrected chi connectivity index (χ3v) is 4.21. The van der Waals surface area contributed by atoms with Crippen LogP contribution in [0.2, 0.25) is 0 Å². The smallest absolute Gasteiger partial charge is 0.239 e. The number of para-hydroxylation sites is 1. The SMILES string of the molecule is O=C(CCl)Nc1ccc(OCc2nc3ccccc3s2)cc1. The molecular formula is C16H13ClN2O2S. The molecule has 0 unspecified atom stereocenters. The van der Waals surface area contributed by atoms with Gasteiger partial charge in [-0.25, -0.2) is 4.98 Å². The number of alkyl halides is 1. The molecular weight excluding hydrogens is 320 g/mol. The number of hydrogen-bond donors (Lipinski definition) is 1. The standard InChI is InChI=1S/C16H13ClN2O2S/c17-9-15(20)18-11-5-7-12(8-6-11)21-10-16-19-13-3-1-2-4-14(13)22-16/h1-8H,9-10H2,(H,18,20). The van der Waals surface area contributed by atoms with Gasteiger partial charge >= 0.3 is 0 Å². The number of nitrogens with zero attached hydrogens (tertiary/aromatic N) is 1. The van der Waals surface area contributed by atoms with Crippen LogP contribution in [0.15, 0.2) is 48.5 Å². The van der Waals surface area contributed by atoms with E-state index in [-0.39, 0.29) is 11.8 Å². The molecule has 0 saturated heterocycles. The first-order chi connectivity index (χ1) is 10.7. The lowest BCUT2D eigenvalue weighted by molar-refractivity contribution is -0.113. The molecule has 0 radical (unpaired) electrons. The number of anilines is 1. The first kappa shape index (κ1) is 14.8. The van der Waals surface area contributed by atoms with Crippen molar-refractivity contribution in [2.24, 2.45) is 0 Å². The zero-order valence-electron chi connectivity index (χ0n) is 11.6. The van der Waals surface area contributed by atoms with E-state index in [4.69, 9.17) is 16.3 Å². The summed E-state index contributed by atoms with van der Waals surface area (Å²) in [5.41, 5.74) is 1.68. The number of halogens is 1. The zero-order valence-corrected chi connectivity index (χ0v) is 13.2. The molecule has 0 aliphatic rings. The quantitative estimate of drug-likeness (QED) is 0.717. The summed E-state index contributed by atoms with van der Waals surface area (Å²) in [4.78, 5) is 15.7. The number of benzene rings is 2. The third kappa shape index (κ3) is 3.55. The van der Waals surface area contributed by atoms with Crippen molar-refractivity contribution in [1.29, 1.82) is 0 Å². The van der Waals surface area contributed by atoms with Gasteiger partial charge in [-0.2, -0.15) is 0 Å². The van der Waals surface area contributed by atoms with Crippen LogP contribution in [-0.4, -0.2) is 16.8 Å². The minimum atomic E-state index is -0.232. The molecule has 3 aromatic rings. The molecule has 4 nitrogen and oxygen atoms in total. The average Bonchev–Trinajstić information content (AvgIpc) is 2.97. The second-order valence-electron chi connectivity index (χ2n) is 4.57. The molecule has 1 N–H and O–H groups in total. The van der Waals surface area contributed by atoms with Gasteiger partial charge in [-0.1, -0.05) is 12.1 Å². The van der Waals surface area contributed by atoms with Gasteiger partial charge in [0.05, 0.1) is 10.2 Å². The van der Waals surface area contributed by atoms with E-state index >= 15 is 0 Å². The Morgan fingerprint density at radius 1 is 1.18 bits per heavy atom. The summed E-state index contributed by atoms with van der Waals surface area (Å²) < 4.78 is 6.87. The van der Waals surface area contributed by atoms with E-state index < -0.39 is 0 Å². The normalized spacial score (nSPS) is 10.6. The van der Waals surface area contributed by atoms with Crippen LogP contribution in [-0.2, 0) is 11.4 Å². The Morgan fingerprint density at radius 2 is 1.95 bits per heavy atom. The summed E-state index contributed by atoms with van der Waals surface area (Å²) in [6, 6.07) is 15.2. The van der Waals surface area contributed by atoms with Crippen molar-refractivity contribution >= 4 is 44.7 Å². The largest absolute Gasteiger partial charge is 0.486 e. The summed E-state index contributed by atoms with van der Waals surface area (Å²) in [7, 11) is 0. The van der Waals surface area contributed by atoms with Crippen molar-refractivity contribution in [3.05, 3.63) is 53.5 Å². The highest BCUT2D eigenvalue weighted by atomic mass is 35.5. The molecule has 0 atom stereocenters. The molecule has 22 heavy (non-hydrogen) atoms. The fourth-order valence-corrected chi connectivity index (χ4v) is 2.90. The Morgan fingerprint density at radius 3 is 2.68 bits per heavy atom. The van der Waals surface area contributed by atoms with E-state index in [0.717, 1.165) is 21.0 Å². The van der Waals surface area contributed by atoms with Crippen LogP contribution < -0.4 is 10.1 Å². The van der Waals surface area contributed by atoms with E-state index in [1.165, 1.54) is 0 Å². The Balaban J connectivity index is 1.62. The summed E-state index contributed by atoms with van der Waals surface area (Å²) >= 11 is 7.06. The zero-order chi connectivity index (χ0) is 15.4. The highest BCUT2D eigenvalue weighted by Crippen LogP contribution is 2.23. The molecule has 2 aromatic carbocycles. The van der Waals surface area contributed by atoms with Gasteiger partial charge in [-0.05, 0) is 36.4 Å². The number of ether oxygens (including phenoxy) is 1. The molecule has 0 fully saturated rings. The van der Waals surface area contributed by atoms with Gasteiger partial charge < -0.3 is 10.1 Å². The number of rotatable bonds is 5. The van der Waals surface area contributed by atoms with Crippen LogP contribution in [0.4, 0.5) is 5.69 Å². The van der Waals surface area contributed by atoms with Crippen LogP contribution in [0.1, 0.15) is 5.01 Å². The minimum absolute atomic E-state index is 0.0597. The van der Waals surface area contributed by atoms with Crippen LogP contribution >= 0.6 is 22.9 Å². The Labute approximate surface area is 136 Å². The van der Waals surface area contributed by atoms with Gasteiger partial charge in [0.15, 0.2) is 0 Å². The summed E-state index contributed by atoms with van der Waals surface area (Å²) in [5.74, 6) is 0.434. The van der Waals surface area contributed by atoms with Crippen molar-refractivity contribution in [2.45, 2.75) is 6.61 Å². The molecule has 0 aliphatic heterocycles. The Hall–Kier alpha value is -2.11. The van der Waals surface area contributed by atoms with Crippen LogP contribution in [0, 0.1) is 0 Å². The lowest BCUT2D eigenvalue weighted by Crippen LogP contribution is -2.12. The molecule has 0 saturated carbocycles. The van der Waals surface area contributed by atoms with Gasteiger partial charge in [-0.15, -0.1) is 22.9 Å². The number of carbonyl (C=O) groups excluding carboxylic acids is 1. The number of carbonyl (C=O) groups is 1. The Bertz CT molecular complexity index is 753. The number of thiazole rings is 1. The lowest BCUT2D eigenvalue weighted by atomic mass is 10.3. The molecule has 1 heterocycles. The number of fused-ring (bicyclic) bond motifs is 1. The van der Waals surface area contributed by atoms with Crippen LogP contribution in [0.3, 0.4) is 0 Å². The number of aromatic nitrogens is 1. The number of amides is 1. The molecule has 0 spiro atoms. The van der Waals surface area contributed by atoms with Gasteiger partial charge in [0.2, 0.25) is 5.91 Å². The maximum Gasteiger partial charge on any atom is 0.239 e. The molecule has 1 amide bonds. The van der Waals surface area contributed by atoms with Crippen molar-refractivity contribution in [1.82, 2.24) is 4.98 Å². The topological polar surface area (TPSA) is 51.2 Å². The van der Waals surface area contributed by atoms with E-state index in [1.807, 2.05) is 24.3 Å². The summed E-state index contributed by atoms with van der Waals surface area (Å²) in [5, 5.41) is 3.60. The van der Waals surface area contributed by atoms with Crippen molar-refractivity contribution < 1.29 is 9.53 Å². The molecule has 0 bridgehead atoms. The molecule has 1 aromatic heterocycles. The van der Waals surface area contributed by atoms with Gasteiger partial charge in [0, 0.05) is 5.69 Å². The molecule has 3 rings (SSSR count). The fraction of sp³-hybridized carbons (Fsp3) is 0.125. The predicted molar refractivity (Wildman–Crippen MR) is 89.7 cm³/mol. The predicted octanol–water partition coefficient (Wildman–Crippen LogP) is 4.05. The first-order valence-electron chi connectivity index (χ1n) is 6.68. The van der Waals surface area contributed by atoms with Crippen LogP contribution in [0.5, 0.6) is 5.75 Å². The van der Waals surface area contributed by atoms with Crippen molar-refractivity contribution in [3.8, 4) is 5.75 Å². The monoisotopic (exact) mass is 332 g/mol. The fourth-order valence-electron chi connectivity index (χ4n) is 1.96. The number of hydrogen-bond acceptors (Lipinski definition) is 4. The molecule has 0 aliphatic carbocycles. The Kier molecular flexibility index (Phi) is 4.56. The first-order valence-corrected chi connectivity index (χ1v) is 8.03. The van der Waals surface area contributed by atoms with E-state index in [1.54, 1.807) is 35.6 Å². The average molecular weight is 333 g/mol. The highest BCUT2D eigenvalue weighted by Gasteiger charge is 2.04. The maximum absolute atomic E-state index is 11.2. The lowest BCUT2D eigenvalue weighted by Gasteiger charge is -2.06. The highest BCUT2D eigenvalue weighted by molar-refractivity contribution is 7.18. The van der Waals surface area contributed by atoms with Gasteiger partial charge in [0.1, 0.15) is 23.2 Å². The number of nitrogens with one attached hydrogen (secondary N) is 1. The third-order valence-electron chi connectivity index (χ3n) is 2.96. The molecule has 6 heteroatoms. The summed E-state index contributed by atoms with van der Waals surface area (Å²) in [6.45, 7) is 0.423. The maximum atomic E-state index is 11.2. The van der Waals surface area contributed by atoms with E-state index in [9.17, 15) is 4.79 Å². The van der Waals surface area contributed by atoms with Gasteiger partial charge in [-0.3, -0.25) is 4.79 Å². The van der Waals surface area contributed by atoms with Crippen molar-refractivity contribution in [3.63, 3.8) is 0 Å². The second-order valence-corrected chi connectivity index (χ2v) is 5.95. The van der Waals surface area contributed by atoms with Crippen LogP contribution in [0.25, 0.3) is 10.2 Å². The van der Waals surface area contributed by atoms with Gasteiger partial charge in [0.25, 0.3) is 0 Å². The van der Waals surface area contributed by atoms with E-state index in [2.05, 4.69) is 10.3 Å².